The molecule has 0 amide bonds. The summed E-state index contributed by atoms with van der Waals surface area (Å²) in [7, 11) is 0. The van der Waals surface area contributed by atoms with Crippen LogP contribution in [-0.4, -0.2) is 16.6 Å². The number of hydrazine groups is 1. The zero-order chi connectivity index (χ0) is 19.9. The number of nitrogens with two attached hydrogens (primary N) is 1. The van der Waals surface area contributed by atoms with Crippen LogP contribution in [0, 0.1) is 18.3 Å². The summed E-state index contributed by atoms with van der Waals surface area (Å²) in [5.41, 5.74) is 4.55. The number of nitrogens with zero attached hydrogens (tertiary/aromatic N) is 1. The van der Waals surface area contributed by atoms with Crippen molar-refractivity contribution >= 4 is 47.4 Å². The van der Waals surface area contributed by atoms with Gasteiger partial charge in [0.05, 0.1) is 11.6 Å². The van der Waals surface area contributed by atoms with Gasteiger partial charge in [-0.1, -0.05) is 24.3 Å². The summed E-state index contributed by atoms with van der Waals surface area (Å²) >= 11 is 5.53. The van der Waals surface area contributed by atoms with E-state index < -0.39 is 5.24 Å². The van der Waals surface area contributed by atoms with Crippen molar-refractivity contribution in [2.75, 3.05) is 0 Å². The molecule has 8 heteroatoms. The van der Waals surface area contributed by atoms with E-state index in [1.165, 1.54) is 12.1 Å². The van der Waals surface area contributed by atoms with Crippen LogP contribution in [0.3, 0.4) is 0 Å². The van der Waals surface area contributed by atoms with E-state index in [0.29, 0.717) is 16.7 Å². The second-order valence-electron chi connectivity index (χ2n) is 6.69. The Bertz CT molecular complexity index is 857. The van der Waals surface area contributed by atoms with Gasteiger partial charge in [-0.05, 0) is 63.1 Å². The molecule has 2 aromatic carbocycles. The molecule has 0 aliphatic carbocycles. The Hall–Kier alpha value is -1.94. The van der Waals surface area contributed by atoms with E-state index in [0.717, 1.165) is 0 Å². The van der Waals surface area contributed by atoms with Crippen LogP contribution < -0.4 is 11.3 Å². The minimum atomic E-state index is -0.673. The average molecular weight is 445 g/mol. The molecule has 0 aromatic heterocycles. The van der Waals surface area contributed by atoms with Crippen molar-refractivity contribution in [3.8, 4) is 6.07 Å². The summed E-state index contributed by atoms with van der Waals surface area (Å²) in [5, 5.41) is 8.20. The first kappa shape index (κ1) is 28.3. The summed E-state index contributed by atoms with van der Waals surface area (Å²) in [6, 6.07) is 13.3. The number of halogens is 3. The lowest BCUT2D eigenvalue weighted by molar-refractivity contribution is 0.102. The van der Waals surface area contributed by atoms with E-state index in [9.17, 15) is 9.59 Å². The fourth-order valence-corrected chi connectivity index (χ4v) is 2.16. The number of ketones is 1. The highest BCUT2D eigenvalue weighted by Crippen LogP contribution is 2.21. The van der Waals surface area contributed by atoms with Crippen molar-refractivity contribution in [3.05, 3.63) is 70.3 Å². The largest absolute Gasteiger partial charge is 0.289 e. The zero-order valence-electron chi connectivity index (χ0n) is 16.1. The van der Waals surface area contributed by atoms with Crippen molar-refractivity contribution in [3.63, 3.8) is 0 Å². The second kappa shape index (κ2) is 12.5. The molecule has 0 saturated heterocycles. The molecule has 2 aromatic rings. The van der Waals surface area contributed by atoms with Crippen LogP contribution >= 0.6 is 36.4 Å². The van der Waals surface area contributed by atoms with Crippen molar-refractivity contribution in [1.82, 2.24) is 5.43 Å². The molecule has 5 nitrogen and oxygen atoms in total. The summed E-state index contributed by atoms with van der Waals surface area (Å²) < 4.78 is 0. The Morgan fingerprint density at radius 2 is 1.64 bits per heavy atom. The lowest BCUT2D eigenvalue weighted by Gasteiger charge is -2.14. The average Bonchev–Trinajstić information content (AvgIpc) is 2.60. The van der Waals surface area contributed by atoms with Gasteiger partial charge in [0, 0.05) is 22.2 Å². The number of nitrogens with one attached hydrogen (secondary N) is 1. The highest BCUT2D eigenvalue weighted by molar-refractivity contribution is 6.68. The van der Waals surface area contributed by atoms with Gasteiger partial charge in [0.15, 0.2) is 5.78 Å². The maximum Gasteiger partial charge on any atom is 0.253 e. The topological polar surface area (TPSA) is 96.0 Å². The van der Waals surface area contributed by atoms with E-state index >= 15 is 0 Å². The minimum absolute atomic E-state index is 0. The third-order valence-corrected chi connectivity index (χ3v) is 3.60. The molecule has 0 aliphatic heterocycles. The number of nitriles is 1. The SMILES string of the molecule is CC(C)(C)NN.Cc1cccc(C(=O)Cl)c1C(=O)c1cccc(C#N)c1.Cl.Cl. The summed E-state index contributed by atoms with van der Waals surface area (Å²) in [4.78, 5) is 24.0. The first-order valence-corrected chi connectivity index (χ1v) is 8.30. The Balaban J connectivity index is 0. The number of benzene rings is 2. The van der Waals surface area contributed by atoms with E-state index in [1.54, 1.807) is 37.3 Å². The Morgan fingerprint density at radius 1 is 1.11 bits per heavy atom. The lowest BCUT2D eigenvalue weighted by atomic mass is 9.94. The van der Waals surface area contributed by atoms with Crippen LogP contribution in [0.2, 0.25) is 0 Å². The Labute approximate surface area is 183 Å². The van der Waals surface area contributed by atoms with Gasteiger partial charge in [0.2, 0.25) is 0 Å². The lowest BCUT2D eigenvalue weighted by Crippen LogP contribution is -2.41. The van der Waals surface area contributed by atoms with Crippen LogP contribution in [0.25, 0.3) is 0 Å². The number of hydrogen-bond acceptors (Lipinski definition) is 5. The maximum absolute atomic E-state index is 12.5. The molecule has 0 saturated carbocycles. The molecule has 0 unspecified atom stereocenters. The van der Waals surface area contributed by atoms with Gasteiger partial charge in [0.25, 0.3) is 5.24 Å². The first-order chi connectivity index (χ1) is 12.1. The quantitative estimate of drug-likeness (QED) is 0.313. The second-order valence-corrected chi connectivity index (χ2v) is 7.03. The standard InChI is InChI=1S/C16H10ClNO2.C4H12N2.2ClH/c1-10-4-2-7-13(16(17)20)14(10)15(19)12-6-3-5-11(8-12)9-18;1-4(2,3)6-5;;/h2-8H,1H3;6H,5H2,1-3H3;2*1H. The van der Waals surface area contributed by atoms with Gasteiger partial charge < -0.3 is 0 Å². The third-order valence-electron chi connectivity index (χ3n) is 3.40. The Morgan fingerprint density at radius 3 is 2.11 bits per heavy atom. The predicted octanol–water partition coefficient (Wildman–Crippen LogP) is 4.57. The van der Waals surface area contributed by atoms with Gasteiger partial charge >= 0.3 is 0 Å². The number of carbonyl (C=O) groups is 2. The molecule has 0 radical (unpaired) electrons. The molecule has 0 heterocycles. The monoisotopic (exact) mass is 443 g/mol. The molecule has 152 valence electrons. The first-order valence-electron chi connectivity index (χ1n) is 7.92. The highest BCUT2D eigenvalue weighted by Gasteiger charge is 2.19. The van der Waals surface area contributed by atoms with Gasteiger partial charge in [-0.15, -0.1) is 24.8 Å². The van der Waals surface area contributed by atoms with Crippen LogP contribution in [0.15, 0.2) is 42.5 Å². The molecule has 0 fully saturated rings. The fraction of sp³-hybridized carbons (Fsp3) is 0.250. The van der Waals surface area contributed by atoms with Gasteiger partial charge in [-0.25, -0.2) is 0 Å². The molecule has 2 rings (SSSR count). The minimum Gasteiger partial charge on any atom is -0.289 e. The fourth-order valence-electron chi connectivity index (χ4n) is 2.01. The molecule has 0 spiro atoms. The number of hydrogen-bond donors (Lipinski definition) is 2. The normalized spacial score (nSPS) is 9.61. The predicted molar refractivity (Wildman–Crippen MR) is 118 cm³/mol. The molecule has 3 N–H and O–H groups in total. The number of aryl methyl sites for hydroxylation is 1. The molecular formula is C20H24Cl3N3O2. The van der Waals surface area contributed by atoms with Gasteiger partial charge in [-0.3, -0.25) is 20.9 Å². The molecule has 0 aliphatic rings. The third kappa shape index (κ3) is 8.39. The number of rotatable bonds is 3. The Kier molecular flexibility index (Phi) is 12.6. The smallest absolute Gasteiger partial charge is 0.253 e. The zero-order valence-corrected chi connectivity index (χ0v) is 18.5. The van der Waals surface area contributed by atoms with Crippen LogP contribution in [0.5, 0.6) is 0 Å². The van der Waals surface area contributed by atoms with Crippen molar-refractivity contribution in [2.24, 2.45) is 5.84 Å². The van der Waals surface area contributed by atoms with Crippen LogP contribution in [-0.2, 0) is 0 Å². The summed E-state index contributed by atoms with van der Waals surface area (Å²) in [6.07, 6.45) is 0. The van der Waals surface area contributed by atoms with Gasteiger partial charge in [-0.2, -0.15) is 5.26 Å². The van der Waals surface area contributed by atoms with E-state index in [-0.39, 0.29) is 47.3 Å². The van der Waals surface area contributed by atoms with Crippen molar-refractivity contribution in [1.29, 1.82) is 5.26 Å². The van der Waals surface area contributed by atoms with Crippen LogP contribution in [0.4, 0.5) is 0 Å². The van der Waals surface area contributed by atoms with Crippen molar-refractivity contribution in [2.45, 2.75) is 33.2 Å². The maximum atomic E-state index is 12.5. The molecule has 0 atom stereocenters. The molecule has 0 bridgehead atoms. The summed E-state index contributed by atoms with van der Waals surface area (Å²) in [5.74, 6) is 4.74. The van der Waals surface area contributed by atoms with Gasteiger partial charge in [0.1, 0.15) is 0 Å². The summed E-state index contributed by atoms with van der Waals surface area (Å²) in [6.45, 7) is 7.76. The van der Waals surface area contributed by atoms with Crippen molar-refractivity contribution < 1.29 is 9.59 Å². The highest BCUT2D eigenvalue weighted by atomic mass is 35.5. The van der Waals surface area contributed by atoms with E-state index in [4.69, 9.17) is 22.7 Å². The van der Waals surface area contributed by atoms with E-state index in [2.05, 4.69) is 5.43 Å². The number of carbonyl (C=O) groups excluding carboxylic acids is 2. The van der Waals surface area contributed by atoms with E-state index in [1.807, 2.05) is 26.8 Å². The molecular weight excluding hydrogens is 421 g/mol. The molecule has 28 heavy (non-hydrogen) atoms. The van der Waals surface area contributed by atoms with Crippen LogP contribution in [0.1, 0.15) is 58.2 Å².